The number of thioether (sulfide) groups is 1. The topological polar surface area (TPSA) is 41.5 Å². The number of carbonyl (C=O) groups excluding carboxylic acids is 1. The van der Waals surface area contributed by atoms with Crippen LogP contribution in [0.3, 0.4) is 0 Å². The Bertz CT molecular complexity index is 566. The molecule has 3 nitrogen and oxygen atoms in total. The molecule has 1 spiro atoms. The molecule has 3 rings (SSSR count). The Balaban J connectivity index is 1.60. The van der Waals surface area contributed by atoms with Crippen LogP contribution in [0.1, 0.15) is 52.9 Å². The number of amides is 1. The zero-order valence-corrected chi connectivity index (χ0v) is 15.9. The van der Waals surface area contributed by atoms with Crippen molar-refractivity contribution < 1.29 is 4.79 Å². The predicted octanol–water partition coefficient (Wildman–Crippen LogP) is 4.35. The maximum atomic E-state index is 12.9. The highest BCUT2D eigenvalue weighted by atomic mass is 32.2. The normalized spacial score (nSPS) is 32.2. The Labute approximate surface area is 150 Å². The van der Waals surface area contributed by atoms with E-state index in [1.807, 2.05) is 18.0 Å². The van der Waals surface area contributed by atoms with Crippen LogP contribution in [0, 0.1) is 17.8 Å². The molecule has 4 atom stereocenters. The molecule has 1 saturated heterocycles. The number of allylic oxidation sites excluding steroid dienone is 3. The average molecular weight is 347 g/mol. The highest BCUT2D eigenvalue weighted by Crippen LogP contribution is 2.57. The molecule has 0 aromatic carbocycles. The van der Waals surface area contributed by atoms with Gasteiger partial charge in [-0.25, -0.2) is 0 Å². The Morgan fingerprint density at radius 1 is 1.42 bits per heavy atom. The molecule has 0 radical (unpaired) electrons. The first-order chi connectivity index (χ1) is 11.5. The second-order valence-electron chi connectivity index (χ2n) is 7.88. The van der Waals surface area contributed by atoms with Crippen LogP contribution in [0.25, 0.3) is 0 Å². The van der Waals surface area contributed by atoms with Crippen molar-refractivity contribution >= 4 is 23.9 Å². The van der Waals surface area contributed by atoms with Crippen LogP contribution in [-0.2, 0) is 4.79 Å². The molecule has 1 aliphatic carbocycles. The Hall–Kier alpha value is -1.03. The van der Waals surface area contributed by atoms with Gasteiger partial charge in [0.05, 0.1) is 16.4 Å². The van der Waals surface area contributed by atoms with Gasteiger partial charge in [-0.05, 0) is 44.1 Å². The van der Waals surface area contributed by atoms with Crippen LogP contribution in [0.4, 0.5) is 0 Å². The average Bonchev–Trinajstić information content (AvgIpc) is 2.92. The molecular formula is C20H30N2OS. The van der Waals surface area contributed by atoms with Crippen LogP contribution in [0.2, 0.25) is 0 Å². The van der Waals surface area contributed by atoms with Crippen molar-refractivity contribution in [3.63, 3.8) is 0 Å². The van der Waals surface area contributed by atoms with E-state index in [4.69, 9.17) is 0 Å². The number of rotatable bonds is 6. The van der Waals surface area contributed by atoms with E-state index in [2.05, 4.69) is 49.3 Å². The second kappa shape index (κ2) is 7.47. The minimum absolute atomic E-state index is 0.0480. The first-order valence-corrected chi connectivity index (χ1v) is 10.4. The Morgan fingerprint density at radius 3 is 3.04 bits per heavy atom. The van der Waals surface area contributed by atoms with Crippen LogP contribution >= 0.6 is 11.8 Å². The fraction of sp³-hybridized carbons (Fsp3) is 0.700. The van der Waals surface area contributed by atoms with Crippen molar-refractivity contribution in [1.29, 1.82) is 0 Å². The van der Waals surface area contributed by atoms with E-state index in [0.29, 0.717) is 5.92 Å². The molecule has 0 aromatic heterocycles. The summed E-state index contributed by atoms with van der Waals surface area (Å²) in [5, 5.41) is 3.29. The fourth-order valence-corrected chi connectivity index (χ4v) is 6.01. The van der Waals surface area contributed by atoms with Crippen molar-refractivity contribution in [2.45, 2.75) is 63.7 Å². The monoisotopic (exact) mass is 346 g/mol. The predicted molar refractivity (Wildman–Crippen MR) is 103 cm³/mol. The lowest BCUT2D eigenvalue weighted by molar-refractivity contribution is -0.126. The lowest BCUT2D eigenvalue weighted by Crippen LogP contribution is -2.45. The molecule has 1 amide bonds. The minimum Gasteiger partial charge on any atom is -0.353 e. The summed E-state index contributed by atoms with van der Waals surface area (Å²) in [6.07, 6.45) is 13.9. The summed E-state index contributed by atoms with van der Waals surface area (Å²) in [6, 6.07) is 0.274. The third kappa shape index (κ3) is 3.49. The Morgan fingerprint density at radius 2 is 2.25 bits per heavy atom. The number of hydrogen-bond donors (Lipinski definition) is 1. The van der Waals surface area contributed by atoms with Gasteiger partial charge in [0.15, 0.2) is 0 Å². The van der Waals surface area contributed by atoms with Gasteiger partial charge in [0.2, 0.25) is 5.91 Å². The van der Waals surface area contributed by atoms with Crippen molar-refractivity contribution in [3.8, 4) is 0 Å². The van der Waals surface area contributed by atoms with Gasteiger partial charge in [0.1, 0.15) is 0 Å². The molecule has 0 saturated carbocycles. The molecule has 0 bridgehead atoms. The SMILES string of the molecule is CC(C)CCCC(C)NC(=O)C1CSC23CC=CC=C2N=CCC13. The first-order valence-electron chi connectivity index (χ1n) is 9.37. The highest BCUT2D eigenvalue weighted by molar-refractivity contribution is 8.01. The molecular weight excluding hydrogens is 316 g/mol. The molecule has 3 aliphatic rings. The summed E-state index contributed by atoms with van der Waals surface area (Å²) in [6.45, 7) is 6.66. The van der Waals surface area contributed by atoms with E-state index in [-0.39, 0.29) is 22.6 Å². The Kier molecular flexibility index (Phi) is 5.53. The van der Waals surface area contributed by atoms with Gasteiger partial charge < -0.3 is 5.32 Å². The summed E-state index contributed by atoms with van der Waals surface area (Å²) < 4.78 is 0.0480. The molecule has 2 heterocycles. The molecule has 0 aromatic rings. The van der Waals surface area contributed by atoms with E-state index in [1.54, 1.807) is 0 Å². The number of nitrogens with zero attached hydrogens (tertiary/aromatic N) is 1. The van der Waals surface area contributed by atoms with Crippen LogP contribution in [0.5, 0.6) is 0 Å². The zero-order valence-electron chi connectivity index (χ0n) is 15.1. The van der Waals surface area contributed by atoms with Gasteiger partial charge in [-0.2, -0.15) is 0 Å². The highest BCUT2D eigenvalue weighted by Gasteiger charge is 2.54. The van der Waals surface area contributed by atoms with Gasteiger partial charge in [-0.3, -0.25) is 9.79 Å². The standard InChI is InChI=1S/C20H30N2OS/c1-14(2)7-6-8-15(3)22-19(23)16-13-24-20-11-5-4-9-18(20)21-12-10-17(16)20/h4-5,9,12,14-17H,6-8,10-11,13H2,1-3H3,(H,22,23). The third-order valence-electron chi connectivity index (χ3n) is 5.58. The minimum atomic E-state index is 0.0480. The van der Waals surface area contributed by atoms with Crippen LogP contribution in [0.15, 0.2) is 28.9 Å². The summed E-state index contributed by atoms with van der Waals surface area (Å²) in [4.78, 5) is 17.5. The van der Waals surface area contributed by atoms with Gasteiger partial charge in [0, 0.05) is 18.0 Å². The van der Waals surface area contributed by atoms with Crippen molar-refractivity contribution in [1.82, 2.24) is 5.32 Å². The lowest BCUT2D eigenvalue weighted by Gasteiger charge is -2.39. The van der Waals surface area contributed by atoms with Gasteiger partial charge in [-0.1, -0.05) is 38.8 Å². The number of nitrogens with one attached hydrogen (secondary N) is 1. The smallest absolute Gasteiger partial charge is 0.224 e. The summed E-state index contributed by atoms with van der Waals surface area (Å²) in [5.41, 5.74) is 1.17. The molecule has 132 valence electrons. The second-order valence-corrected chi connectivity index (χ2v) is 9.23. The van der Waals surface area contributed by atoms with Crippen LogP contribution in [-0.4, -0.2) is 28.7 Å². The quantitative estimate of drug-likeness (QED) is 0.776. The van der Waals surface area contributed by atoms with E-state index in [1.165, 1.54) is 18.5 Å². The molecule has 2 aliphatic heterocycles. The molecule has 24 heavy (non-hydrogen) atoms. The van der Waals surface area contributed by atoms with Crippen molar-refractivity contribution in [2.75, 3.05) is 5.75 Å². The number of hydrogen-bond acceptors (Lipinski definition) is 3. The summed E-state index contributed by atoms with van der Waals surface area (Å²) in [5.74, 6) is 2.42. The fourth-order valence-electron chi connectivity index (χ4n) is 4.19. The van der Waals surface area contributed by atoms with Crippen molar-refractivity contribution in [3.05, 3.63) is 23.9 Å². The van der Waals surface area contributed by atoms with E-state index in [9.17, 15) is 4.79 Å². The zero-order chi connectivity index (χ0) is 17.2. The lowest BCUT2D eigenvalue weighted by atomic mass is 9.73. The van der Waals surface area contributed by atoms with Gasteiger partial charge >= 0.3 is 0 Å². The molecule has 4 unspecified atom stereocenters. The third-order valence-corrected chi connectivity index (χ3v) is 7.30. The number of aliphatic imine (C=N–C) groups is 1. The first kappa shape index (κ1) is 17.8. The largest absolute Gasteiger partial charge is 0.353 e. The van der Waals surface area contributed by atoms with Gasteiger partial charge in [0.25, 0.3) is 0 Å². The summed E-state index contributed by atoms with van der Waals surface area (Å²) in [7, 11) is 0. The van der Waals surface area contributed by atoms with E-state index < -0.39 is 0 Å². The van der Waals surface area contributed by atoms with Gasteiger partial charge in [-0.15, -0.1) is 11.8 Å². The molecule has 4 heteroatoms. The number of carbonyl (C=O) groups is 1. The van der Waals surface area contributed by atoms with E-state index in [0.717, 1.165) is 30.9 Å². The molecule has 1 N–H and O–H groups in total. The van der Waals surface area contributed by atoms with E-state index >= 15 is 0 Å². The summed E-state index contributed by atoms with van der Waals surface area (Å²) >= 11 is 1.95. The van der Waals surface area contributed by atoms with Crippen LogP contribution < -0.4 is 5.32 Å². The van der Waals surface area contributed by atoms with Crippen molar-refractivity contribution in [2.24, 2.45) is 22.7 Å². The maximum Gasteiger partial charge on any atom is 0.224 e. The maximum absolute atomic E-state index is 12.9. The molecule has 1 fully saturated rings.